The Labute approximate surface area is 130 Å². The summed E-state index contributed by atoms with van der Waals surface area (Å²) in [5.74, 6) is -0.278. The third-order valence-electron chi connectivity index (χ3n) is 4.15. The highest BCUT2D eigenvalue weighted by molar-refractivity contribution is 7.90. The molecule has 1 aliphatic carbocycles. The number of rotatable bonds is 5. The van der Waals surface area contributed by atoms with Crippen LogP contribution in [0.15, 0.2) is 23.1 Å². The Morgan fingerprint density at radius 2 is 2.00 bits per heavy atom. The second kappa shape index (κ2) is 6.36. The van der Waals surface area contributed by atoms with Crippen molar-refractivity contribution in [1.82, 2.24) is 0 Å². The number of carbonyl (C=O) groups is 1. The molecule has 2 rings (SSSR count). The number of amides is 1. The number of hydrogen-bond acceptors (Lipinski definition) is 3. The molecule has 0 unspecified atom stereocenters. The van der Waals surface area contributed by atoms with Crippen LogP contribution in [0.2, 0.25) is 5.02 Å². The molecule has 21 heavy (non-hydrogen) atoms. The summed E-state index contributed by atoms with van der Waals surface area (Å²) in [6, 6.07) is 4.66. The summed E-state index contributed by atoms with van der Waals surface area (Å²) in [7, 11) is -3.37. The summed E-state index contributed by atoms with van der Waals surface area (Å²) in [5.41, 5.74) is 6.22. The van der Waals surface area contributed by atoms with Gasteiger partial charge in [0.25, 0.3) is 0 Å². The smallest absolute Gasteiger partial charge is 0.224 e. The normalized spacial score (nSPS) is 17.8. The van der Waals surface area contributed by atoms with Crippen LogP contribution in [-0.2, 0) is 14.6 Å². The number of nitrogens with two attached hydrogens (primary N) is 1. The molecule has 2 N–H and O–H groups in total. The predicted octanol–water partition coefficient (Wildman–Crippen LogP) is 2.89. The van der Waals surface area contributed by atoms with Crippen molar-refractivity contribution in [1.29, 1.82) is 0 Å². The van der Waals surface area contributed by atoms with Crippen molar-refractivity contribution in [2.24, 2.45) is 11.7 Å². The van der Waals surface area contributed by atoms with Crippen molar-refractivity contribution >= 4 is 27.3 Å². The first-order valence-electron chi connectivity index (χ1n) is 7.08. The van der Waals surface area contributed by atoms with Gasteiger partial charge < -0.3 is 5.73 Å². The number of sulfone groups is 1. The van der Waals surface area contributed by atoms with Gasteiger partial charge in [0, 0.05) is 6.26 Å². The highest BCUT2D eigenvalue weighted by Crippen LogP contribution is 2.35. The van der Waals surface area contributed by atoms with Gasteiger partial charge in [-0.3, -0.25) is 4.79 Å². The van der Waals surface area contributed by atoms with E-state index in [1.807, 2.05) is 0 Å². The minimum atomic E-state index is -3.37. The van der Waals surface area contributed by atoms with Crippen LogP contribution < -0.4 is 5.73 Å². The van der Waals surface area contributed by atoms with E-state index in [0.717, 1.165) is 19.1 Å². The van der Waals surface area contributed by atoms with Gasteiger partial charge >= 0.3 is 0 Å². The van der Waals surface area contributed by atoms with E-state index in [0.29, 0.717) is 17.9 Å². The fraction of sp³-hybridized carbons (Fsp3) is 0.533. The average molecular weight is 330 g/mol. The molecule has 1 aromatic rings. The van der Waals surface area contributed by atoms with Crippen LogP contribution in [0.4, 0.5) is 0 Å². The van der Waals surface area contributed by atoms with E-state index in [-0.39, 0.29) is 15.8 Å². The zero-order valence-corrected chi connectivity index (χ0v) is 13.6. The molecule has 1 aromatic carbocycles. The van der Waals surface area contributed by atoms with Crippen LogP contribution in [-0.4, -0.2) is 20.6 Å². The number of carbonyl (C=O) groups excluding carboxylic acids is 1. The van der Waals surface area contributed by atoms with E-state index in [2.05, 4.69) is 0 Å². The molecule has 0 spiro atoms. The molecule has 0 saturated heterocycles. The Morgan fingerprint density at radius 3 is 2.48 bits per heavy atom. The van der Waals surface area contributed by atoms with Gasteiger partial charge in [-0.05, 0) is 30.0 Å². The molecular formula is C15H20ClNO3S. The Morgan fingerprint density at radius 1 is 1.38 bits per heavy atom. The van der Waals surface area contributed by atoms with Gasteiger partial charge in [0.05, 0.1) is 15.8 Å². The molecule has 0 radical (unpaired) electrons. The van der Waals surface area contributed by atoms with Crippen LogP contribution >= 0.6 is 11.6 Å². The average Bonchev–Trinajstić information content (AvgIpc) is 2.86. The summed E-state index contributed by atoms with van der Waals surface area (Å²) in [5, 5.41) is 0.146. The highest BCUT2D eigenvalue weighted by atomic mass is 35.5. The third-order valence-corrected chi connectivity index (χ3v) is 5.72. The number of halogens is 1. The fourth-order valence-electron chi connectivity index (χ4n) is 3.03. The number of benzene rings is 1. The molecule has 0 aromatic heterocycles. The molecular weight excluding hydrogens is 310 g/mol. The van der Waals surface area contributed by atoms with Gasteiger partial charge in [-0.15, -0.1) is 0 Å². The van der Waals surface area contributed by atoms with Crippen LogP contribution in [0.1, 0.15) is 43.6 Å². The maximum absolute atomic E-state index is 11.7. The summed E-state index contributed by atoms with van der Waals surface area (Å²) >= 11 is 6.05. The minimum Gasteiger partial charge on any atom is -0.369 e. The summed E-state index contributed by atoms with van der Waals surface area (Å²) < 4.78 is 23.1. The quantitative estimate of drug-likeness (QED) is 0.902. The molecule has 1 amide bonds. The lowest BCUT2D eigenvalue weighted by molar-refractivity contribution is -0.119. The van der Waals surface area contributed by atoms with Crippen molar-refractivity contribution in [2.45, 2.75) is 42.9 Å². The van der Waals surface area contributed by atoms with Gasteiger partial charge in [0.2, 0.25) is 5.91 Å². The van der Waals surface area contributed by atoms with Crippen molar-refractivity contribution < 1.29 is 13.2 Å². The highest BCUT2D eigenvalue weighted by Gasteiger charge is 2.26. The Bertz CT molecular complexity index is 636. The van der Waals surface area contributed by atoms with E-state index in [4.69, 9.17) is 17.3 Å². The standard InChI is InChI=1S/C15H20ClNO3S/c1-21(19,20)14-7-6-11(9-13(14)16)12(15(17)18)8-10-4-2-3-5-10/h6-7,9-10,12H,2-5,8H2,1H3,(H2,17,18)/t12-/m1/s1. The van der Waals surface area contributed by atoms with Gasteiger partial charge in [-0.1, -0.05) is 43.4 Å². The van der Waals surface area contributed by atoms with Crippen LogP contribution in [0.5, 0.6) is 0 Å². The van der Waals surface area contributed by atoms with Gasteiger partial charge in [0.15, 0.2) is 9.84 Å². The molecule has 0 bridgehead atoms. The summed E-state index contributed by atoms with van der Waals surface area (Å²) in [4.78, 5) is 11.8. The molecule has 0 heterocycles. The lowest BCUT2D eigenvalue weighted by atomic mass is 9.87. The molecule has 4 nitrogen and oxygen atoms in total. The predicted molar refractivity (Wildman–Crippen MR) is 83.1 cm³/mol. The van der Waals surface area contributed by atoms with E-state index in [9.17, 15) is 13.2 Å². The Kier molecular flexibility index (Phi) is 4.94. The topological polar surface area (TPSA) is 77.2 Å². The maximum Gasteiger partial charge on any atom is 0.224 e. The van der Waals surface area contributed by atoms with Crippen molar-refractivity contribution in [3.63, 3.8) is 0 Å². The third kappa shape index (κ3) is 3.98. The van der Waals surface area contributed by atoms with Crippen molar-refractivity contribution in [3.8, 4) is 0 Å². The summed E-state index contributed by atoms with van der Waals surface area (Å²) in [6.45, 7) is 0. The number of primary amides is 1. The van der Waals surface area contributed by atoms with E-state index in [1.54, 1.807) is 12.1 Å². The van der Waals surface area contributed by atoms with Crippen molar-refractivity contribution in [3.05, 3.63) is 28.8 Å². The lowest BCUT2D eigenvalue weighted by Crippen LogP contribution is -2.23. The van der Waals surface area contributed by atoms with Gasteiger partial charge in [-0.2, -0.15) is 0 Å². The first kappa shape index (κ1) is 16.3. The monoisotopic (exact) mass is 329 g/mol. The van der Waals surface area contributed by atoms with Crippen LogP contribution in [0, 0.1) is 5.92 Å². The molecule has 1 fully saturated rings. The molecule has 1 atom stereocenters. The second-order valence-electron chi connectivity index (χ2n) is 5.80. The second-order valence-corrected chi connectivity index (χ2v) is 8.19. The fourth-order valence-corrected chi connectivity index (χ4v) is 4.37. The van der Waals surface area contributed by atoms with Gasteiger partial charge in [0.1, 0.15) is 0 Å². The largest absolute Gasteiger partial charge is 0.369 e. The molecule has 1 aliphatic rings. The molecule has 116 valence electrons. The maximum atomic E-state index is 11.7. The summed E-state index contributed by atoms with van der Waals surface area (Å²) in [6.07, 6.45) is 6.47. The number of hydrogen-bond donors (Lipinski definition) is 1. The Balaban J connectivity index is 2.28. The van der Waals surface area contributed by atoms with Crippen LogP contribution in [0.25, 0.3) is 0 Å². The van der Waals surface area contributed by atoms with E-state index in [1.165, 1.54) is 18.9 Å². The zero-order chi connectivity index (χ0) is 15.6. The van der Waals surface area contributed by atoms with Gasteiger partial charge in [-0.25, -0.2) is 8.42 Å². The molecule has 1 saturated carbocycles. The minimum absolute atomic E-state index is 0.0806. The molecule has 0 aliphatic heterocycles. The lowest BCUT2D eigenvalue weighted by Gasteiger charge is -2.18. The van der Waals surface area contributed by atoms with Crippen molar-refractivity contribution in [2.75, 3.05) is 6.26 Å². The first-order valence-corrected chi connectivity index (χ1v) is 9.35. The SMILES string of the molecule is CS(=O)(=O)c1ccc([C@@H](CC2CCCC2)C(N)=O)cc1Cl. The first-order chi connectivity index (χ1) is 9.79. The molecule has 6 heteroatoms. The zero-order valence-electron chi connectivity index (χ0n) is 12.0. The van der Waals surface area contributed by atoms with Crippen LogP contribution in [0.3, 0.4) is 0 Å². The Hall–Kier alpha value is -1.07. The van der Waals surface area contributed by atoms with E-state index < -0.39 is 15.8 Å². The van der Waals surface area contributed by atoms with E-state index >= 15 is 0 Å².